The van der Waals surface area contributed by atoms with Crippen molar-refractivity contribution in [2.45, 2.75) is 6.92 Å². The summed E-state index contributed by atoms with van der Waals surface area (Å²) in [6.07, 6.45) is 3.15. The molecule has 0 aliphatic rings. The minimum Gasteiger partial charge on any atom is -0.319 e. The van der Waals surface area contributed by atoms with Gasteiger partial charge in [-0.2, -0.15) is 0 Å². The van der Waals surface area contributed by atoms with Crippen molar-refractivity contribution in [2.75, 3.05) is 5.32 Å². The van der Waals surface area contributed by atoms with Gasteiger partial charge in [-0.1, -0.05) is 30.3 Å². The van der Waals surface area contributed by atoms with E-state index < -0.39 is 0 Å². The number of aryl methyl sites for hydroxylation is 1. The van der Waals surface area contributed by atoms with Gasteiger partial charge in [0.15, 0.2) is 5.82 Å². The van der Waals surface area contributed by atoms with Crippen LogP contribution in [0.2, 0.25) is 0 Å². The van der Waals surface area contributed by atoms with Gasteiger partial charge in [-0.25, -0.2) is 19.3 Å². The van der Waals surface area contributed by atoms with Crippen molar-refractivity contribution >= 4 is 22.9 Å². The first-order valence-corrected chi connectivity index (χ1v) is 9.34. The van der Waals surface area contributed by atoms with Gasteiger partial charge in [-0.15, -0.1) is 11.3 Å². The number of hydrogen-bond acceptors (Lipinski definition) is 5. The Kier molecular flexibility index (Phi) is 4.90. The molecule has 0 fully saturated rings. The van der Waals surface area contributed by atoms with E-state index in [9.17, 15) is 9.18 Å². The van der Waals surface area contributed by atoms with Gasteiger partial charge in [0.2, 0.25) is 0 Å². The lowest BCUT2D eigenvalue weighted by Gasteiger charge is -2.04. The molecule has 0 aliphatic carbocycles. The predicted molar refractivity (Wildman–Crippen MR) is 108 cm³/mol. The maximum Gasteiger partial charge on any atom is 0.267 e. The number of aromatic nitrogens is 3. The Hall–Kier alpha value is -3.45. The van der Waals surface area contributed by atoms with E-state index in [0.717, 1.165) is 11.1 Å². The molecule has 0 saturated carbocycles. The van der Waals surface area contributed by atoms with E-state index in [4.69, 9.17) is 0 Å². The van der Waals surface area contributed by atoms with Crippen LogP contribution >= 0.6 is 11.3 Å². The first kappa shape index (κ1) is 17.9. The molecule has 4 rings (SSSR count). The molecule has 0 unspecified atom stereocenters. The number of benzene rings is 2. The van der Waals surface area contributed by atoms with Crippen molar-refractivity contribution in [1.29, 1.82) is 0 Å². The Labute approximate surface area is 165 Å². The number of anilines is 1. The summed E-state index contributed by atoms with van der Waals surface area (Å²) in [5, 5.41) is 3.46. The highest BCUT2D eigenvalue weighted by molar-refractivity contribution is 7.17. The van der Waals surface area contributed by atoms with Crippen molar-refractivity contribution in [1.82, 2.24) is 15.0 Å². The number of nitrogens with zero attached hydrogens (tertiary/aromatic N) is 3. The zero-order valence-corrected chi connectivity index (χ0v) is 15.7. The van der Waals surface area contributed by atoms with Gasteiger partial charge in [-0.05, 0) is 31.2 Å². The molecular formula is C21H15FN4OS. The molecular weight excluding hydrogens is 375 g/mol. The summed E-state index contributed by atoms with van der Waals surface area (Å²) in [5.41, 5.74) is 2.79. The molecule has 0 saturated heterocycles. The van der Waals surface area contributed by atoms with Crippen LogP contribution in [0, 0.1) is 12.7 Å². The molecule has 1 N–H and O–H groups in total. The van der Waals surface area contributed by atoms with Crippen LogP contribution in [0.4, 0.5) is 10.1 Å². The predicted octanol–water partition coefficient (Wildman–Crippen LogP) is 4.97. The van der Waals surface area contributed by atoms with Gasteiger partial charge >= 0.3 is 0 Å². The van der Waals surface area contributed by atoms with Crippen LogP contribution in [-0.2, 0) is 0 Å². The molecule has 28 heavy (non-hydrogen) atoms. The summed E-state index contributed by atoms with van der Waals surface area (Å²) in [7, 11) is 0. The van der Waals surface area contributed by atoms with Crippen LogP contribution in [0.1, 0.15) is 15.4 Å². The minimum atomic E-state index is -0.311. The molecule has 0 atom stereocenters. The van der Waals surface area contributed by atoms with Crippen LogP contribution in [0.15, 0.2) is 67.0 Å². The summed E-state index contributed by atoms with van der Waals surface area (Å²) < 4.78 is 13.1. The van der Waals surface area contributed by atoms with Gasteiger partial charge in [-0.3, -0.25) is 4.79 Å². The standard InChI is InChI=1S/C21H15FN4OS/c1-13-18(28-21(25-13)15-7-9-16(22)10-8-15)20(27)26-17-11-23-19(24-12-17)14-5-3-2-4-6-14/h2-12H,1H3,(H,26,27). The fourth-order valence-corrected chi connectivity index (χ4v) is 3.61. The average Bonchev–Trinajstić information content (AvgIpc) is 3.11. The van der Waals surface area contributed by atoms with Crippen molar-refractivity contribution in [3.63, 3.8) is 0 Å². The molecule has 138 valence electrons. The summed E-state index contributed by atoms with van der Waals surface area (Å²) in [4.78, 5) is 26.2. The van der Waals surface area contributed by atoms with Crippen molar-refractivity contribution in [3.8, 4) is 22.0 Å². The molecule has 4 aromatic rings. The van der Waals surface area contributed by atoms with E-state index in [1.807, 2.05) is 30.3 Å². The number of carbonyl (C=O) groups is 1. The van der Waals surface area contributed by atoms with Crippen molar-refractivity contribution in [2.24, 2.45) is 0 Å². The molecule has 2 aromatic heterocycles. The first-order chi connectivity index (χ1) is 13.6. The van der Waals surface area contributed by atoms with Gasteiger partial charge < -0.3 is 5.32 Å². The third-order valence-electron chi connectivity index (χ3n) is 4.04. The van der Waals surface area contributed by atoms with E-state index in [2.05, 4.69) is 20.3 Å². The zero-order valence-electron chi connectivity index (χ0n) is 14.9. The highest BCUT2D eigenvalue weighted by atomic mass is 32.1. The third kappa shape index (κ3) is 3.79. The van der Waals surface area contributed by atoms with E-state index >= 15 is 0 Å². The molecule has 1 amide bonds. The Morgan fingerprint density at radius 2 is 1.64 bits per heavy atom. The van der Waals surface area contributed by atoms with Gasteiger partial charge in [0.25, 0.3) is 5.91 Å². The topological polar surface area (TPSA) is 67.8 Å². The largest absolute Gasteiger partial charge is 0.319 e. The van der Waals surface area contributed by atoms with Crippen LogP contribution in [0.3, 0.4) is 0 Å². The van der Waals surface area contributed by atoms with E-state index in [1.165, 1.54) is 23.5 Å². The Morgan fingerprint density at radius 3 is 2.32 bits per heavy atom. The number of rotatable bonds is 4. The number of nitrogens with one attached hydrogen (secondary N) is 1. The van der Waals surface area contributed by atoms with Gasteiger partial charge in [0, 0.05) is 11.1 Å². The number of halogens is 1. The highest BCUT2D eigenvalue weighted by Gasteiger charge is 2.17. The van der Waals surface area contributed by atoms with Crippen LogP contribution in [0.25, 0.3) is 22.0 Å². The number of amides is 1. The monoisotopic (exact) mass is 390 g/mol. The van der Waals surface area contributed by atoms with Crippen LogP contribution < -0.4 is 5.32 Å². The number of carbonyl (C=O) groups excluding carboxylic acids is 1. The fourth-order valence-electron chi connectivity index (χ4n) is 2.64. The fraction of sp³-hybridized carbons (Fsp3) is 0.0476. The maximum atomic E-state index is 13.1. The molecule has 7 heteroatoms. The molecule has 2 heterocycles. The second-order valence-corrected chi connectivity index (χ2v) is 7.06. The summed E-state index contributed by atoms with van der Waals surface area (Å²) >= 11 is 1.26. The Balaban J connectivity index is 1.51. The van der Waals surface area contributed by atoms with E-state index in [1.54, 1.807) is 31.5 Å². The minimum absolute atomic E-state index is 0.278. The average molecular weight is 390 g/mol. The molecule has 0 radical (unpaired) electrons. The number of hydrogen-bond donors (Lipinski definition) is 1. The molecule has 0 spiro atoms. The lowest BCUT2D eigenvalue weighted by molar-refractivity contribution is 0.102. The van der Waals surface area contributed by atoms with E-state index in [0.29, 0.717) is 27.1 Å². The molecule has 5 nitrogen and oxygen atoms in total. The summed E-state index contributed by atoms with van der Waals surface area (Å²) in [6, 6.07) is 15.6. The normalized spacial score (nSPS) is 10.6. The first-order valence-electron chi connectivity index (χ1n) is 8.52. The lowest BCUT2D eigenvalue weighted by Crippen LogP contribution is -2.12. The van der Waals surface area contributed by atoms with Gasteiger partial charge in [0.1, 0.15) is 15.7 Å². The molecule has 0 bridgehead atoms. The van der Waals surface area contributed by atoms with Gasteiger partial charge in [0.05, 0.1) is 23.8 Å². The Morgan fingerprint density at radius 1 is 0.964 bits per heavy atom. The maximum absolute atomic E-state index is 13.1. The Bertz CT molecular complexity index is 1110. The second kappa shape index (κ2) is 7.66. The molecule has 2 aromatic carbocycles. The highest BCUT2D eigenvalue weighted by Crippen LogP contribution is 2.28. The van der Waals surface area contributed by atoms with Crippen LogP contribution in [0.5, 0.6) is 0 Å². The van der Waals surface area contributed by atoms with Crippen LogP contribution in [-0.4, -0.2) is 20.9 Å². The second-order valence-electron chi connectivity index (χ2n) is 6.06. The SMILES string of the molecule is Cc1nc(-c2ccc(F)cc2)sc1C(=O)Nc1cnc(-c2ccccc2)nc1. The van der Waals surface area contributed by atoms with Crippen molar-refractivity contribution in [3.05, 3.63) is 83.4 Å². The zero-order chi connectivity index (χ0) is 19.5. The summed E-state index contributed by atoms with van der Waals surface area (Å²) in [5.74, 6) is -0.000433. The molecule has 0 aliphatic heterocycles. The lowest BCUT2D eigenvalue weighted by atomic mass is 10.2. The van der Waals surface area contributed by atoms with Crippen molar-refractivity contribution < 1.29 is 9.18 Å². The summed E-state index contributed by atoms with van der Waals surface area (Å²) in [6.45, 7) is 1.77. The number of thiazole rings is 1. The quantitative estimate of drug-likeness (QED) is 0.534. The smallest absolute Gasteiger partial charge is 0.267 e. The van der Waals surface area contributed by atoms with E-state index in [-0.39, 0.29) is 11.7 Å². The third-order valence-corrected chi connectivity index (χ3v) is 5.24.